The van der Waals surface area contributed by atoms with Gasteiger partial charge >= 0.3 is 0 Å². The summed E-state index contributed by atoms with van der Waals surface area (Å²) in [5, 5.41) is 11.0. The third-order valence-corrected chi connectivity index (χ3v) is 4.06. The highest BCUT2D eigenvalue weighted by Gasteiger charge is 2.39. The van der Waals surface area contributed by atoms with Gasteiger partial charge < -0.3 is 9.72 Å². The van der Waals surface area contributed by atoms with Gasteiger partial charge in [-0.3, -0.25) is 4.79 Å². The van der Waals surface area contributed by atoms with Gasteiger partial charge in [0, 0.05) is 31.9 Å². The molecule has 0 atom stereocenters. The predicted molar refractivity (Wildman–Crippen MR) is 86.7 cm³/mol. The van der Waals surface area contributed by atoms with Gasteiger partial charge in [-0.25, -0.2) is 4.98 Å². The van der Waals surface area contributed by atoms with Gasteiger partial charge in [0.25, 0.3) is 0 Å². The SMILES string of the molecule is C#CCCC1(CCC(=O)NCc2nc(C)n3ccccc23)N=N1. The van der Waals surface area contributed by atoms with Crippen LogP contribution in [0.25, 0.3) is 5.52 Å². The Balaban J connectivity index is 1.52. The van der Waals surface area contributed by atoms with Crippen molar-refractivity contribution in [2.75, 3.05) is 0 Å². The van der Waals surface area contributed by atoms with Crippen LogP contribution in [0.5, 0.6) is 0 Å². The molecule has 0 radical (unpaired) electrons. The zero-order valence-corrected chi connectivity index (χ0v) is 13.1. The molecular weight excluding hydrogens is 290 g/mol. The molecule has 0 saturated carbocycles. The smallest absolute Gasteiger partial charge is 0.220 e. The van der Waals surface area contributed by atoms with Crippen molar-refractivity contribution in [3.63, 3.8) is 0 Å². The lowest BCUT2D eigenvalue weighted by atomic mass is 10.0. The number of pyridine rings is 1. The van der Waals surface area contributed by atoms with E-state index >= 15 is 0 Å². The third-order valence-electron chi connectivity index (χ3n) is 4.06. The summed E-state index contributed by atoms with van der Waals surface area (Å²) in [4.78, 5) is 16.6. The Morgan fingerprint density at radius 2 is 2.22 bits per heavy atom. The molecule has 2 aromatic rings. The highest BCUT2D eigenvalue weighted by atomic mass is 16.1. The Kier molecular flexibility index (Phi) is 4.11. The van der Waals surface area contributed by atoms with Gasteiger partial charge in [-0.05, 0) is 19.1 Å². The van der Waals surface area contributed by atoms with Crippen molar-refractivity contribution < 1.29 is 4.79 Å². The van der Waals surface area contributed by atoms with Crippen molar-refractivity contribution in [2.24, 2.45) is 10.2 Å². The van der Waals surface area contributed by atoms with Gasteiger partial charge in [0.15, 0.2) is 5.66 Å². The summed E-state index contributed by atoms with van der Waals surface area (Å²) < 4.78 is 2.01. The van der Waals surface area contributed by atoms with Crippen molar-refractivity contribution in [3.8, 4) is 12.3 Å². The average Bonchev–Trinajstić information content (AvgIpc) is 3.28. The van der Waals surface area contributed by atoms with Crippen LogP contribution >= 0.6 is 0 Å². The second-order valence-electron chi connectivity index (χ2n) is 5.72. The van der Waals surface area contributed by atoms with Crippen LogP contribution < -0.4 is 5.32 Å². The maximum absolute atomic E-state index is 12.0. The van der Waals surface area contributed by atoms with Gasteiger partial charge in [-0.15, -0.1) is 12.3 Å². The number of carbonyl (C=O) groups is 1. The summed E-state index contributed by atoms with van der Waals surface area (Å²) >= 11 is 0. The molecule has 23 heavy (non-hydrogen) atoms. The number of hydrogen-bond donors (Lipinski definition) is 1. The molecule has 118 valence electrons. The van der Waals surface area contributed by atoms with E-state index in [9.17, 15) is 4.79 Å². The van der Waals surface area contributed by atoms with Gasteiger partial charge in [0.05, 0.1) is 17.8 Å². The molecule has 0 fully saturated rings. The Morgan fingerprint density at radius 1 is 1.39 bits per heavy atom. The quantitative estimate of drug-likeness (QED) is 0.799. The molecule has 6 nitrogen and oxygen atoms in total. The Morgan fingerprint density at radius 3 is 2.96 bits per heavy atom. The zero-order chi connectivity index (χ0) is 16.3. The number of nitrogens with zero attached hydrogens (tertiary/aromatic N) is 4. The number of carbonyl (C=O) groups excluding carboxylic acids is 1. The monoisotopic (exact) mass is 309 g/mol. The normalized spacial score (nSPS) is 14.6. The molecule has 0 unspecified atom stereocenters. The second-order valence-corrected chi connectivity index (χ2v) is 5.72. The Labute approximate surface area is 135 Å². The number of imidazole rings is 1. The van der Waals surface area contributed by atoms with Crippen LogP contribution in [0, 0.1) is 19.3 Å². The van der Waals surface area contributed by atoms with Crippen LogP contribution in [0.3, 0.4) is 0 Å². The molecule has 0 aliphatic carbocycles. The molecule has 1 N–H and O–H groups in total. The third kappa shape index (κ3) is 3.39. The lowest BCUT2D eigenvalue weighted by Crippen LogP contribution is -2.25. The van der Waals surface area contributed by atoms with E-state index in [1.165, 1.54) is 0 Å². The summed E-state index contributed by atoms with van der Waals surface area (Å²) in [6, 6.07) is 5.92. The molecular formula is C17H19N5O. The van der Waals surface area contributed by atoms with Crippen LogP contribution in [-0.2, 0) is 11.3 Å². The number of aromatic nitrogens is 2. The lowest BCUT2D eigenvalue weighted by Gasteiger charge is -2.08. The fourth-order valence-electron chi connectivity index (χ4n) is 2.65. The van der Waals surface area contributed by atoms with E-state index in [0.717, 1.165) is 23.5 Å². The minimum atomic E-state index is -0.401. The van der Waals surface area contributed by atoms with Crippen LogP contribution in [0.2, 0.25) is 0 Å². The van der Waals surface area contributed by atoms with Crippen molar-refractivity contribution >= 4 is 11.4 Å². The molecule has 1 aliphatic rings. The second kappa shape index (κ2) is 6.21. The number of aryl methyl sites for hydroxylation is 1. The predicted octanol–water partition coefficient (Wildman–Crippen LogP) is 2.61. The number of rotatable bonds is 7. The maximum atomic E-state index is 12.0. The number of amides is 1. The largest absolute Gasteiger partial charge is 0.350 e. The first-order valence-corrected chi connectivity index (χ1v) is 7.70. The average molecular weight is 309 g/mol. The minimum Gasteiger partial charge on any atom is -0.350 e. The van der Waals surface area contributed by atoms with Gasteiger partial charge in [0.2, 0.25) is 5.91 Å². The number of nitrogens with one attached hydrogen (secondary N) is 1. The fraction of sp³-hybridized carbons (Fsp3) is 0.412. The molecule has 2 aromatic heterocycles. The molecule has 0 aromatic carbocycles. The standard InChI is InChI=1S/C17H19N5O/c1-3-4-9-17(20-21-17)10-8-16(23)18-12-14-15-7-5-6-11-22(15)13(2)19-14/h1,5-7,11H,4,8-10,12H2,2H3,(H,18,23). The molecule has 3 rings (SSSR count). The van der Waals surface area contributed by atoms with Crippen molar-refractivity contribution in [2.45, 2.75) is 44.8 Å². The van der Waals surface area contributed by atoms with Crippen LogP contribution in [0.4, 0.5) is 0 Å². The van der Waals surface area contributed by atoms with E-state index in [2.05, 4.69) is 26.4 Å². The molecule has 0 saturated heterocycles. The molecule has 1 aliphatic heterocycles. The Bertz CT molecular complexity index is 793. The van der Waals surface area contributed by atoms with Gasteiger partial charge in [-0.2, -0.15) is 10.2 Å². The maximum Gasteiger partial charge on any atom is 0.220 e. The lowest BCUT2D eigenvalue weighted by molar-refractivity contribution is -0.121. The summed E-state index contributed by atoms with van der Waals surface area (Å²) in [6.07, 6.45) is 9.59. The highest BCUT2D eigenvalue weighted by molar-refractivity contribution is 5.76. The molecule has 1 amide bonds. The number of hydrogen-bond acceptors (Lipinski definition) is 4. The number of terminal acetylenes is 1. The summed E-state index contributed by atoms with van der Waals surface area (Å²) in [5.41, 5.74) is 1.49. The summed E-state index contributed by atoms with van der Waals surface area (Å²) in [5.74, 6) is 3.48. The zero-order valence-electron chi connectivity index (χ0n) is 13.1. The van der Waals surface area contributed by atoms with E-state index in [1.54, 1.807) is 0 Å². The highest BCUT2D eigenvalue weighted by Crippen LogP contribution is 2.37. The first-order valence-electron chi connectivity index (χ1n) is 7.70. The van der Waals surface area contributed by atoms with E-state index in [0.29, 0.717) is 25.8 Å². The van der Waals surface area contributed by atoms with Gasteiger partial charge in [-0.1, -0.05) is 6.07 Å². The minimum absolute atomic E-state index is 0.0166. The van der Waals surface area contributed by atoms with Crippen LogP contribution in [0.15, 0.2) is 34.6 Å². The first-order chi connectivity index (χ1) is 11.1. The number of fused-ring (bicyclic) bond motifs is 1. The van der Waals surface area contributed by atoms with Crippen molar-refractivity contribution in [1.29, 1.82) is 0 Å². The fourth-order valence-corrected chi connectivity index (χ4v) is 2.65. The van der Waals surface area contributed by atoms with E-state index < -0.39 is 5.66 Å². The van der Waals surface area contributed by atoms with E-state index in [-0.39, 0.29) is 5.91 Å². The van der Waals surface area contributed by atoms with E-state index in [1.807, 2.05) is 35.7 Å². The molecule has 0 spiro atoms. The van der Waals surface area contributed by atoms with Crippen molar-refractivity contribution in [1.82, 2.24) is 14.7 Å². The summed E-state index contributed by atoms with van der Waals surface area (Å²) in [6.45, 7) is 2.37. The Hall–Kier alpha value is -2.68. The van der Waals surface area contributed by atoms with Crippen LogP contribution in [0.1, 0.15) is 37.2 Å². The topological polar surface area (TPSA) is 71.1 Å². The molecule has 6 heteroatoms. The molecule has 3 heterocycles. The summed E-state index contributed by atoms with van der Waals surface area (Å²) in [7, 11) is 0. The van der Waals surface area contributed by atoms with E-state index in [4.69, 9.17) is 6.42 Å². The molecule has 0 bridgehead atoms. The first kappa shape index (κ1) is 15.2. The van der Waals surface area contributed by atoms with Crippen LogP contribution in [-0.4, -0.2) is 21.0 Å². The van der Waals surface area contributed by atoms with Gasteiger partial charge in [0.1, 0.15) is 5.82 Å². The van der Waals surface area contributed by atoms with Crippen molar-refractivity contribution in [3.05, 3.63) is 35.9 Å².